The minimum Gasteiger partial charge on any atom is -0.480 e. The molecule has 112 valence electrons. The van der Waals surface area contributed by atoms with Gasteiger partial charge in [-0.25, -0.2) is 0 Å². The summed E-state index contributed by atoms with van der Waals surface area (Å²) in [5.74, 6) is -1.31. The second-order valence-electron chi connectivity index (χ2n) is 4.11. The zero-order valence-electron chi connectivity index (χ0n) is 10.9. The number of carbonyl (C=O) groups is 2. The summed E-state index contributed by atoms with van der Waals surface area (Å²) >= 11 is 11.6. The molecule has 1 atom stereocenters. The van der Waals surface area contributed by atoms with Crippen LogP contribution in [0, 0.1) is 0 Å². The molecule has 5 nitrogen and oxygen atoms in total. The van der Waals surface area contributed by atoms with E-state index in [2.05, 4.69) is 5.32 Å². The number of rotatable bonds is 5. The normalized spacial score (nSPS) is 11.7. The van der Waals surface area contributed by atoms with Crippen LogP contribution < -0.4 is 5.32 Å². The van der Waals surface area contributed by atoms with E-state index in [1.54, 1.807) is 19.2 Å². The highest BCUT2D eigenvalue weighted by Crippen LogP contribution is 2.24. The fourth-order valence-electron chi connectivity index (χ4n) is 1.33. The van der Waals surface area contributed by atoms with Gasteiger partial charge < -0.3 is 10.4 Å². The van der Waals surface area contributed by atoms with Crippen molar-refractivity contribution in [1.29, 1.82) is 0 Å². The van der Waals surface area contributed by atoms with Crippen LogP contribution >= 0.6 is 35.6 Å². The molecule has 2 N–H and O–H groups in total. The number of carboxylic acids is 1. The van der Waals surface area contributed by atoms with Gasteiger partial charge in [-0.05, 0) is 32.2 Å². The number of nitrogens with one attached hydrogen (secondary N) is 1. The molecule has 20 heavy (non-hydrogen) atoms. The van der Waals surface area contributed by atoms with Crippen LogP contribution in [0.25, 0.3) is 0 Å². The van der Waals surface area contributed by atoms with Crippen molar-refractivity contribution in [3.63, 3.8) is 0 Å². The molecule has 1 aromatic rings. The SMILES string of the molecule is CC(C(=O)O)N(C)CC(=O)Nc1ccc(Cl)c(Cl)c1.Cl. The maximum Gasteiger partial charge on any atom is 0.320 e. The van der Waals surface area contributed by atoms with Crippen molar-refractivity contribution in [2.75, 3.05) is 18.9 Å². The smallest absolute Gasteiger partial charge is 0.320 e. The zero-order chi connectivity index (χ0) is 14.6. The van der Waals surface area contributed by atoms with Gasteiger partial charge >= 0.3 is 5.97 Å². The molecule has 0 saturated heterocycles. The van der Waals surface area contributed by atoms with Gasteiger partial charge in [-0.3, -0.25) is 14.5 Å². The lowest BCUT2D eigenvalue weighted by Crippen LogP contribution is -2.40. The topological polar surface area (TPSA) is 69.6 Å². The third-order valence-electron chi connectivity index (χ3n) is 2.61. The molecule has 0 aromatic heterocycles. The number of likely N-dealkylation sites (N-methyl/N-ethyl adjacent to an activating group) is 1. The van der Waals surface area contributed by atoms with Crippen molar-refractivity contribution in [3.05, 3.63) is 28.2 Å². The predicted octanol–water partition coefficient (Wildman–Crippen LogP) is 2.76. The molecule has 0 aliphatic carbocycles. The molecule has 0 radical (unpaired) electrons. The Labute approximate surface area is 133 Å². The number of aliphatic carboxylic acids is 1. The van der Waals surface area contributed by atoms with E-state index in [0.717, 1.165) is 0 Å². The first-order valence-corrected chi connectivity index (χ1v) is 6.25. The lowest BCUT2D eigenvalue weighted by Gasteiger charge is -2.20. The van der Waals surface area contributed by atoms with Crippen LogP contribution in [-0.2, 0) is 9.59 Å². The fourth-order valence-corrected chi connectivity index (χ4v) is 1.62. The summed E-state index contributed by atoms with van der Waals surface area (Å²) in [6.45, 7) is 1.47. The highest BCUT2D eigenvalue weighted by atomic mass is 35.5. The van der Waals surface area contributed by atoms with Gasteiger partial charge in [0.05, 0.1) is 16.6 Å². The van der Waals surface area contributed by atoms with Crippen molar-refractivity contribution < 1.29 is 14.7 Å². The standard InChI is InChI=1S/C12H14Cl2N2O3.ClH/c1-7(12(18)19)16(2)6-11(17)15-8-3-4-9(13)10(14)5-8;/h3-5,7H,6H2,1-2H3,(H,15,17)(H,18,19);1H. The van der Waals surface area contributed by atoms with Gasteiger partial charge in [0.25, 0.3) is 0 Å². The summed E-state index contributed by atoms with van der Waals surface area (Å²) in [5, 5.41) is 12.2. The second-order valence-corrected chi connectivity index (χ2v) is 4.92. The number of benzene rings is 1. The summed E-state index contributed by atoms with van der Waals surface area (Å²) in [7, 11) is 1.56. The van der Waals surface area contributed by atoms with Gasteiger partial charge in [0.1, 0.15) is 6.04 Å². The molecule has 0 fully saturated rings. The van der Waals surface area contributed by atoms with Crippen LogP contribution in [0.5, 0.6) is 0 Å². The first kappa shape index (κ1) is 19.0. The quantitative estimate of drug-likeness (QED) is 0.864. The molecule has 0 aliphatic rings. The predicted molar refractivity (Wildman–Crippen MR) is 82.1 cm³/mol. The number of hydrogen-bond acceptors (Lipinski definition) is 3. The average Bonchev–Trinajstić information content (AvgIpc) is 2.32. The minimum absolute atomic E-state index is 0. The number of carbonyl (C=O) groups excluding carboxylic acids is 1. The Kier molecular flexibility index (Phi) is 7.90. The van der Waals surface area contributed by atoms with Gasteiger partial charge in [0.2, 0.25) is 5.91 Å². The molecular formula is C12H15Cl3N2O3. The number of hydrogen-bond donors (Lipinski definition) is 2. The minimum atomic E-state index is -0.982. The molecular weight excluding hydrogens is 327 g/mol. The molecule has 0 spiro atoms. The Bertz CT molecular complexity index is 497. The number of amides is 1. The molecule has 1 rings (SSSR count). The lowest BCUT2D eigenvalue weighted by atomic mass is 10.3. The van der Waals surface area contributed by atoms with Crippen LogP contribution in [0.15, 0.2) is 18.2 Å². The molecule has 1 amide bonds. The molecule has 0 bridgehead atoms. The Balaban J connectivity index is 0.00000361. The van der Waals surface area contributed by atoms with Gasteiger partial charge in [0, 0.05) is 5.69 Å². The number of halogens is 3. The van der Waals surface area contributed by atoms with Crippen molar-refractivity contribution in [1.82, 2.24) is 4.90 Å². The summed E-state index contributed by atoms with van der Waals surface area (Å²) < 4.78 is 0. The third-order valence-corrected chi connectivity index (χ3v) is 3.35. The van der Waals surface area contributed by atoms with Crippen molar-refractivity contribution >= 4 is 53.2 Å². The zero-order valence-corrected chi connectivity index (χ0v) is 13.2. The van der Waals surface area contributed by atoms with E-state index in [1.165, 1.54) is 17.9 Å². The van der Waals surface area contributed by atoms with Crippen LogP contribution in [0.3, 0.4) is 0 Å². The van der Waals surface area contributed by atoms with E-state index in [9.17, 15) is 9.59 Å². The van der Waals surface area contributed by atoms with E-state index >= 15 is 0 Å². The van der Waals surface area contributed by atoms with Crippen molar-refractivity contribution in [2.45, 2.75) is 13.0 Å². The van der Waals surface area contributed by atoms with Crippen molar-refractivity contribution in [2.24, 2.45) is 0 Å². The summed E-state index contributed by atoms with van der Waals surface area (Å²) in [5.41, 5.74) is 0.510. The molecule has 1 aromatic carbocycles. The highest BCUT2D eigenvalue weighted by Gasteiger charge is 2.19. The molecule has 0 aliphatic heterocycles. The van der Waals surface area contributed by atoms with E-state index in [4.69, 9.17) is 28.3 Å². The van der Waals surface area contributed by atoms with E-state index in [1.807, 2.05) is 0 Å². The number of anilines is 1. The Morgan fingerprint density at radius 2 is 1.95 bits per heavy atom. The van der Waals surface area contributed by atoms with E-state index in [0.29, 0.717) is 15.7 Å². The second kappa shape index (κ2) is 8.32. The van der Waals surface area contributed by atoms with Crippen LogP contribution in [-0.4, -0.2) is 41.5 Å². The van der Waals surface area contributed by atoms with E-state index in [-0.39, 0.29) is 24.9 Å². The average molecular weight is 342 g/mol. The van der Waals surface area contributed by atoms with Gasteiger partial charge in [0.15, 0.2) is 0 Å². The van der Waals surface area contributed by atoms with Crippen molar-refractivity contribution in [3.8, 4) is 0 Å². The van der Waals surface area contributed by atoms with Gasteiger partial charge in [-0.1, -0.05) is 23.2 Å². The van der Waals surface area contributed by atoms with Crippen LogP contribution in [0.4, 0.5) is 5.69 Å². The maximum atomic E-state index is 11.7. The first-order valence-electron chi connectivity index (χ1n) is 5.49. The monoisotopic (exact) mass is 340 g/mol. The molecule has 0 heterocycles. The maximum absolute atomic E-state index is 11.7. The summed E-state index contributed by atoms with van der Waals surface area (Å²) in [6, 6.07) is 3.98. The summed E-state index contributed by atoms with van der Waals surface area (Å²) in [4.78, 5) is 23.9. The summed E-state index contributed by atoms with van der Waals surface area (Å²) in [6.07, 6.45) is 0. The molecule has 8 heteroatoms. The lowest BCUT2D eigenvalue weighted by molar-refractivity contribution is -0.142. The largest absolute Gasteiger partial charge is 0.480 e. The highest BCUT2D eigenvalue weighted by molar-refractivity contribution is 6.42. The van der Waals surface area contributed by atoms with Gasteiger partial charge in [-0.2, -0.15) is 0 Å². The van der Waals surface area contributed by atoms with E-state index < -0.39 is 12.0 Å². The van der Waals surface area contributed by atoms with Crippen LogP contribution in [0.1, 0.15) is 6.92 Å². The van der Waals surface area contributed by atoms with Crippen LogP contribution in [0.2, 0.25) is 10.0 Å². The first-order chi connectivity index (χ1) is 8.81. The third kappa shape index (κ3) is 5.54. The number of nitrogens with zero attached hydrogens (tertiary/aromatic N) is 1. The number of carboxylic acid groups (broad SMARTS) is 1. The fraction of sp³-hybridized carbons (Fsp3) is 0.333. The Morgan fingerprint density at radius 3 is 2.45 bits per heavy atom. The van der Waals surface area contributed by atoms with Gasteiger partial charge in [-0.15, -0.1) is 12.4 Å². The Hall–Kier alpha value is -1.01. The Morgan fingerprint density at radius 1 is 1.35 bits per heavy atom. The molecule has 1 unspecified atom stereocenters. The molecule has 0 saturated carbocycles.